The van der Waals surface area contributed by atoms with Gasteiger partial charge >= 0.3 is 0 Å². The van der Waals surface area contributed by atoms with E-state index in [1.165, 1.54) is 5.56 Å². The molecule has 3 aromatic rings. The molecule has 0 amide bonds. The van der Waals surface area contributed by atoms with Gasteiger partial charge in [0.25, 0.3) is 0 Å². The first-order chi connectivity index (χ1) is 11.5. The second kappa shape index (κ2) is 7.28. The molecule has 3 rings (SSSR count). The van der Waals surface area contributed by atoms with Crippen molar-refractivity contribution in [3.05, 3.63) is 59.1 Å². The van der Waals surface area contributed by atoms with Gasteiger partial charge < -0.3 is 9.47 Å². The Hall–Kier alpha value is -1.98. The van der Waals surface area contributed by atoms with Crippen molar-refractivity contribution in [2.24, 2.45) is 7.05 Å². The molecule has 1 aromatic heterocycles. The molecule has 0 saturated heterocycles. The Labute approximate surface area is 151 Å². The summed E-state index contributed by atoms with van der Waals surface area (Å²) in [5, 5.41) is 10.3. The summed E-state index contributed by atoms with van der Waals surface area (Å²) in [4.78, 5) is 2.08. The van der Waals surface area contributed by atoms with Crippen molar-refractivity contribution in [1.29, 1.82) is 0 Å². The maximum absolute atomic E-state index is 6.03. The van der Waals surface area contributed by atoms with Gasteiger partial charge in [-0.25, -0.2) is 0 Å². The molecule has 0 fully saturated rings. The lowest BCUT2D eigenvalue weighted by Crippen LogP contribution is -2.08. The van der Waals surface area contributed by atoms with Crippen LogP contribution in [0.15, 0.2) is 53.7 Å². The fraction of sp³-hybridized carbons (Fsp3) is 0.222. The van der Waals surface area contributed by atoms with Crippen LogP contribution in [0.3, 0.4) is 0 Å². The van der Waals surface area contributed by atoms with E-state index >= 15 is 0 Å². The van der Waals surface area contributed by atoms with Gasteiger partial charge in [0, 0.05) is 43.2 Å². The van der Waals surface area contributed by atoms with Crippen LogP contribution < -0.4 is 4.90 Å². The highest BCUT2D eigenvalue weighted by Crippen LogP contribution is 2.27. The summed E-state index contributed by atoms with van der Waals surface area (Å²) in [6, 6.07) is 16.2. The molecule has 24 heavy (non-hydrogen) atoms. The van der Waals surface area contributed by atoms with Crippen LogP contribution in [0.1, 0.15) is 5.56 Å². The summed E-state index contributed by atoms with van der Waals surface area (Å²) >= 11 is 7.69. The minimum atomic E-state index is 0.757. The Morgan fingerprint density at radius 3 is 2.50 bits per heavy atom. The molecular weight excluding hydrogens is 340 g/mol. The number of nitrogens with zero attached hydrogens (tertiary/aromatic N) is 4. The second-order valence-corrected chi connectivity index (χ2v) is 7.10. The summed E-state index contributed by atoms with van der Waals surface area (Å²) in [6.45, 7) is 0. The molecule has 0 N–H and O–H groups in total. The van der Waals surface area contributed by atoms with Gasteiger partial charge in [-0.15, -0.1) is 10.2 Å². The maximum Gasteiger partial charge on any atom is 0.191 e. The molecule has 0 bridgehead atoms. The van der Waals surface area contributed by atoms with Crippen LogP contribution in [0.4, 0.5) is 5.69 Å². The zero-order chi connectivity index (χ0) is 17.1. The van der Waals surface area contributed by atoms with Crippen LogP contribution in [0, 0.1) is 0 Å². The number of thioether (sulfide) groups is 1. The molecule has 124 valence electrons. The number of hydrogen-bond acceptors (Lipinski definition) is 4. The topological polar surface area (TPSA) is 34.0 Å². The van der Waals surface area contributed by atoms with Gasteiger partial charge in [-0.3, -0.25) is 0 Å². The molecule has 2 aromatic carbocycles. The van der Waals surface area contributed by atoms with Crippen molar-refractivity contribution in [2.45, 2.75) is 10.9 Å². The van der Waals surface area contributed by atoms with Gasteiger partial charge in [0.2, 0.25) is 0 Å². The van der Waals surface area contributed by atoms with E-state index in [2.05, 4.69) is 45.4 Å². The van der Waals surface area contributed by atoms with E-state index in [-0.39, 0.29) is 0 Å². The summed E-state index contributed by atoms with van der Waals surface area (Å²) in [7, 11) is 6.05. The fourth-order valence-electron chi connectivity index (χ4n) is 2.38. The highest BCUT2D eigenvalue weighted by Gasteiger charge is 2.11. The van der Waals surface area contributed by atoms with Crippen LogP contribution >= 0.6 is 23.4 Å². The number of aromatic nitrogens is 3. The van der Waals surface area contributed by atoms with Crippen molar-refractivity contribution in [2.75, 3.05) is 19.0 Å². The monoisotopic (exact) mass is 358 g/mol. The predicted octanol–water partition coefficient (Wildman–Crippen LogP) is 4.49. The van der Waals surface area contributed by atoms with E-state index in [1.54, 1.807) is 11.8 Å². The zero-order valence-electron chi connectivity index (χ0n) is 13.9. The normalized spacial score (nSPS) is 10.8. The number of hydrogen-bond donors (Lipinski definition) is 0. The first kappa shape index (κ1) is 16.9. The Bertz CT molecular complexity index is 827. The van der Waals surface area contributed by atoms with Gasteiger partial charge in [-0.1, -0.05) is 35.5 Å². The van der Waals surface area contributed by atoms with E-state index in [0.717, 1.165) is 33.0 Å². The quantitative estimate of drug-likeness (QED) is 0.629. The molecule has 0 unspecified atom stereocenters. The van der Waals surface area contributed by atoms with Crippen LogP contribution in [0.2, 0.25) is 5.02 Å². The third kappa shape index (κ3) is 3.74. The predicted molar refractivity (Wildman–Crippen MR) is 102 cm³/mol. The Balaban J connectivity index is 1.76. The lowest BCUT2D eigenvalue weighted by molar-refractivity contribution is 0.794. The van der Waals surface area contributed by atoms with E-state index in [0.29, 0.717) is 0 Å². The molecule has 0 aliphatic rings. The standard InChI is InChI=1S/C18H19ClN4S/c1-22(2)16-9-7-14(8-10-16)17-20-21-18(23(17)3)24-12-13-5-4-6-15(19)11-13/h4-11H,12H2,1-3H3. The Kier molecular flexibility index (Phi) is 5.11. The smallest absolute Gasteiger partial charge is 0.191 e. The second-order valence-electron chi connectivity index (χ2n) is 5.73. The summed E-state index contributed by atoms with van der Waals surface area (Å²) < 4.78 is 2.03. The lowest BCUT2D eigenvalue weighted by atomic mass is 10.2. The fourth-order valence-corrected chi connectivity index (χ4v) is 3.44. The molecule has 6 heteroatoms. The molecule has 0 aliphatic heterocycles. The lowest BCUT2D eigenvalue weighted by Gasteiger charge is -2.12. The van der Waals surface area contributed by atoms with Crippen molar-refractivity contribution in [1.82, 2.24) is 14.8 Å². The first-order valence-corrected chi connectivity index (χ1v) is 8.95. The zero-order valence-corrected chi connectivity index (χ0v) is 15.5. The van der Waals surface area contributed by atoms with Crippen molar-refractivity contribution < 1.29 is 0 Å². The largest absolute Gasteiger partial charge is 0.378 e. The minimum absolute atomic E-state index is 0.757. The van der Waals surface area contributed by atoms with Gasteiger partial charge in [-0.05, 0) is 42.0 Å². The molecule has 1 heterocycles. The third-order valence-electron chi connectivity index (χ3n) is 3.73. The number of rotatable bonds is 5. The maximum atomic E-state index is 6.03. The van der Waals surface area contributed by atoms with E-state index in [4.69, 9.17) is 11.6 Å². The average molecular weight is 359 g/mol. The highest BCUT2D eigenvalue weighted by atomic mass is 35.5. The highest BCUT2D eigenvalue weighted by molar-refractivity contribution is 7.98. The Morgan fingerprint density at radius 2 is 1.83 bits per heavy atom. The summed E-state index contributed by atoms with van der Waals surface area (Å²) in [5.74, 6) is 1.68. The van der Waals surface area contributed by atoms with Crippen LogP contribution in [0.25, 0.3) is 11.4 Å². The van der Waals surface area contributed by atoms with Gasteiger partial charge in [-0.2, -0.15) is 0 Å². The SMILES string of the molecule is CN(C)c1ccc(-c2nnc(SCc3cccc(Cl)c3)n2C)cc1. The molecular formula is C18H19ClN4S. The molecule has 0 atom stereocenters. The molecule has 4 nitrogen and oxygen atoms in total. The molecule has 0 aliphatic carbocycles. The summed E-state index contributed by atoms with van der Waals surface area (Å²) in [5.41, 5.74) is 3.40. The van der Waals surface area contributed by atoms with Crippen LogP contribution in [-0.2, 0) is 12.8 Å². The minimum Gasteiger partial charge on any atom is -0.378 e. The Morgan fingerprint density at radius 1 is 1.08 bits per heavy atom. The van der Waals surface area contributed by atoms with Gasteiger partial charge in [0.1, 0.15) is 0 Å². The molecule has 0 radical (unpaired) electrons. The number of halogens is 1. The van der Waals surface area contributed by atoms with Gasteiger partial charge in [0.15, 0.2) is 11.0 Å². The summed E-state index contributed by atoms with van der Waals surface area (Å²) in [6.07, 6.45) is 0. The van der Waals surface area contributed by atoms with Crippen molar-refractivity contribution in [3.8, 4) is 11.4 Å². The number of benzene rings is 2. The van der Waals surface area contributed by atoms with Crippen molar-refractivity contribution in [3.63, 3.8) is 0 Å². The molecule has 0 spiro atoms. The average Bonchev–Trinajstić information content (AvgIpc) is 2.94. The van der Waals surface area contributed by atoms with Gasteiger partial charge in [0.05, 0.1) is 0 Å². The van der Waals surface area contributed by atoms with E-state index < -0.39 is 0 Å². The van der Waals surface area contributed by atoms with Crippen LogP contribution in [0.5, 0.6) is 0 Å². The first-order valence-electron chi connectivity index (χ1n) is 7.59. The van der Waals surface area contributed by atoms with Crippen molar-refractivity contribution >= 4 is 29.1 Å². The number of anilines is 1. The van der Waals surface area contributed by atoms with Crippen LogP contribution in [-0.4, -0.2) is 28.9 Å². The molecule has 0 saturated carbocycles. The third-order valence-corrected chi connectivity index (χ3v) is 5.06. The van der Waals surface area contributed by atoms with E-state index in [1.807, 2.05) is 43.9 Å². The van der Waals surface area contributed by atoms with E-state index in [9.17, 15) is 0 Å².